The van der Waals surface area contributed by atoms with Crippen molar-refractivity contribution in [3.63, 3.8) is 0 Å². The summed E-state index contributed by atoms with van der Waals surface area (Å²) in [5.41, 5.74) is 2.32. The molecule has 90 valence electrons. The van der Waals surface area contributed by atoms with Gasteiger partial charge in [-0.15, -0.1) is 0 Å². The Morgan fingerprint density at radius 2 is 1.94 bits per heavy atom. The molecule has 1 rings (SSSR count). The number of methoxy groups -OCH3 is 1. The Bertz CT molecular complexity index is 348. The molecule has 16 heavy (non-hydrogen) atoms. The molecule has 0 bridgehead atoms. The molecule has 0 radical (unpaired) electrons. The van der Waals surface area contributed by atoms with Crippen LogP contribution in [-0.4, -0.2) is 18.3 Å². The van der Waals surface area contributed by atoms with Gasteiger partial charge in [-0.2, -0.15) is 0 Å². The molecule has 0 aromatic heterocycles. The van der Waals surface area contributed by atoms with Crippen LogP contribution in [0.2, 0.25) is 0 Å². The minimum atomic E-state index is -0.343. The van der Waals surface area contributed by atoms with Crippen LogP contribution in [0.25, 0.3) is 0 Å². The highest BCUT2D eigenvalue weighted by atomic mass is 16.5. The van der Waals surface area contributed by atoms with Gasteiger partial charge in [0.15, 0.2) is 0 Å². The maximum atomic E-state index is 9.46. The molecule has 0 saturated heterocycles. The molecule has 1 unspecified atom stereocenters. The molecular weight excluding hydrogens is 200 g/mol. The van der Waals surface area contributed by atoms with E-state index < -0.39 is 0 Å². The number of rotatable bonds is 3. The fourth-order valence-electron chi connectivity index (χ4n) is 1.90. The predicted molar refractivity (Wildman–Crippen MR) is 67.1 cm³/mol. The lowest BCUT2D eigenvalue weighted by atomic mass is 9.84. The largest absolute Gasteiger partial charge is 0.496 e. The highest BCUT2D eigenvalue weighted by molar-refractivity contribution is 5.45. The first-order chi connectivity index (χ1) is 7.36. The molecule has 1 atom stereocenters. The Morgan fingerprint density at radius 1 is 1.31 bits per heavy atom. The van der Waals surface area contributed by atoms with E-state index in [0.717, 1.165) is 11.3 Å². The van der Waals surface area contributed by atoms with Crippen LogP contribution in [-0.2, 0) is 11.8 Å². The molecule has 2 nitrogen and oxygen atoms in total. The zero-order valence-corrected chi connectivity index (χ0v) is 10.9. The highest BCUT2D eigenvalue weighted by Gasteiger charge is 2.20. The van der Waals surface area contributed by atoms with Crippen molar-refractivity contribution < 1.29 is 9.84 Å². The van der Waals surface area contributed by atoms with Crippen LogP contribution >= 0.6 is 0 Å². The van der Waals surface area contributed by atoms with Crippen molar-refractivity contribution in [2.45, 2.75) is 45.6 Å². The Morgan fingerprint density at radius 3 is 2.38 bits per heavy atom. The Hall–Kier alpha value is -1.02. The van der Waals surface area contributed by atoms with Gasteiger partial charge in [-0.25, -0.2) is 0 Å². The number of hydrogen-bond acceptors (Lipinski definition) is 2. The van der Waals surface area contributed by atoms with Crippen molar-refractivity contribution in [1.29, 1.82) is 0 Å². The maximum absolute atomic E-state index is 9.46. The van der Waals surface area contributed by atoms with Crippen LogP contribution in [0.15, 0.2) is 18.2 Å². The number of ether oxygens (including phenoxy) is 1. The topological polar surface area (TPSA) is 29.5 Å². The first-order valence-corrected chi connectivity index (χ1v) is 5.70. The number of aliphatic hydroxyl groups is 1. The third-order valence-corrected chi connectivity index (χ3v) is 2.62. The van der Waals surface area contributed by atoms with Crippen molar-refractivity contribution in [3.8, 4) is 5.75 Å². The average molecular weight is 222 g/mol. The third kappa shape index (κ3) is 2.99. The molecular formula is C14H22O2. The molecule has 0 saturated carbocycles. The van der Waals surface area contributed by atoms with Gasteiger partial charge in [0.25, 0.3) is 0 Å². The minimum Gasteiger partial charge on any atom is -0.496 e. The van der Waals surface area contributed by atoms with E-state index in [9.17, 15) is 5.11 Å². The summed E-state index contributed by atoms with van der Waals surface area (Å²) in [7, 11) is 1.69. The van der Waals surface area contributed by atoms with E-state index in [4.69, 9.17) is 4.74 Å². The molecule has 0 aliphatic rings. The summed E-state index contributed by atoms with van der Waals surface area (Å²) in [6, 6.07) is 6.13. The van der Waals surface area contributed by atoms with Gasteiger partial charge in [-0.3, -0.25) is 0 Å². The van der Waals surface area contributed by atoms with E-state index in [0.29, 0.717) is 6.42 Å². The van der Waals surface area contributed by atoms with Crippen molar-refractivity contribution in [2.24, 2.45) is 0 Å². The van der Waals surface area contributed by atoms with Crippen LogP contribution in [0, 0.1) is 0 Å². The smallest absolute Gasteiger partial charge is 0.125 e. The van der Waals surface area contributed by atoms with E-state index in [1.54, 1.807) is 14.0 Å². The van der Waals surface area contributed by atoms with Crippen LogP contribution in [0.5, 0.6) is 5.75 Å². The summed E-state index contributed by atoms with van der Waals surface area (Å²) >= 11 is 0. The average Bonchev–Trinajstić information content (AvgIpc) is 2.15. The second-order valence-corrected chi connectivity index (χ2v) is 5.30. The fourth-order valence-corrected chi connectivity index (χ4v) is 1.90. The fraction of sp³-hybridized carbons (Fsp3) is 0.571. The van der Waals surface area contributed by atoms with Gasteiger partial charge in [0.05, 0.1) is 13.2 Å². The van der Waals surface area contributed by atoms with Crippen LogP contribution in [0.4, 0.5) is 0 Å². The van der Waals surface area contributed by atoms with Gasteiger partial charge >= 0.3 is 0 Å². The summed E-state index contributed by atoms with van der Waals surface area (Å²) in [5, 5.41) is 9.46. The normalized spacial score (nSPS) is 13.6. The van der Waals surface area contributed by atoms with Gasteiger partial charge in [0, 0.05) is 6.42 Å². The number of aliphatic hydroxyl groups excluding tert-OH is 1. The number of para-hydroxylation sites is 1. The van der Waals surface area contributed by atoms with Gasteiger partial charge in [-0.1, -0.05) is 39.0 Å². The van der Waals surface area contributed by atoms with Gasteiger partial charge in [0.1, 0.15) is 5.75 Å². The Balaban J connectivity index is 3.21. The summed E-state index contributed by atoms with van der Waals surface area (Å²) < 4.78 is 5.49. The van der Waals surface area contributed by atoms with E-state index in [1.807, 2.05) is 12.1 Å². The first-order valence-electron chi connectivity index (χ1n) is 5.70. The Kier molecular flexibility index (Phi) is 3.98. The second kappa shape index (κ2) is 4.88. The van der Waals surface area contributed by atoms with E-state index in [2.05, 4.69) is 26.8 Å². The van der Waals surface area contributed by atoms with E-state index in [1.165, 1.54) is 5.56 Å². The molecule has 0 aliphatic heterocycles. The first kappa shape index (κ1) is 13.0. The predicted octanol–water partition coefficient (Wildman–Crippen LogP) is 2.92. The molecule has 1 aromatic carbocycles. The van der Waals surface area contributed by atoms with E-state index >= 15 is 0 Å². The lowest BCUT2D eigenvalue weighted by Gasteiger charge is -2.24. The molecule has 0 heterocycles. The lowest BCUT2D eigenvalue weighted by molar-refractivity contribution is 0.194. The van der Waals surface area contributed by atoms with Crippen molar-refractivity contribution in [2.75, 3.05) is 7.11 Å². The van der Waals surface area contributed by atoms with Crippen molar-refractivity contribution in [3.05, 3.63) is 29.3 Å². The molecule has 0 spiro atoms. The summed E-state index contributed by atoms with van der Waals surface area (Å²) in [5.74, 6) is 0.913. The summed E-state index contributed by atoms with van der Waals surface area (Å²) in [4.78, 5) is 0. The van der Waals surface area contributed by atoms with Crippen LogP contribution in [0.3, 0.4) is 0 Å². The lowest BCUT2D eigenvalue weighted by Crippen LogP contribution is -2.15. The van der Waals surface area contributed by atoms with Gasteiger partial charge < -0.3 is 9.84 Å². The Labute approximate surface area is 98.3 Å². The number of hydrogen-bond donors (Lipinski definition) is 1. The van der Waals surface area contributed by atoms with Gasteiger partial charge in [-0.05, 0) is 23.5 Å². The van der Waals surface area contributed by atoms with Crippen LogP contribution < -0.4 is 4.74 Å². The van der Waals surface area contributed by atoms with Gasteiger partial charge in [0.2, 0.25) is 0 Å². The molecule has 2 heteroatoms. The minimum absolute atomic E-state index is 0.0556. The SMILES string of the molecule is COc1c(CC(C)O)cccc1C(C)(C)C. The van der Waals surface area contributed by atoms with Crippen molar-refractivity contribution >= 4 is 0 Å². The third-order valence-electron chi connectivity index (χ3n) is 2.62. The molecule has 1 N–H and O–H groups in total. The molecule has 1 aromatic rings. The molecule has 0 amide bonds. The van der Waals surface area contributed by atoms with Crippen molar-refractivity contribution in [1.82, 2.24) is 0 Å². The zero-order valence-electron chi connectivity index (χ0n) is 10.9. The standard InChI is InChI=1S/C14H22O2/c1-10(15)9-11-7-6-8-12(13(11)16-5)14(2,3)4/h6-8,10,15H,9H2,1-5H3. The monoisotopic (exact) mass is 222 g/mol. The number of benzene rings is 1. The quantitative estimate of drug-likeness (QED) is 0.852. The van der Waals surface area contributed by atoms with Crippen LogP contribution in [0.1, 0.15) is 38.8 Å². The highest BCUT2D eigenvalue weighted by Crippen LogP contribution is 2.34. The summed E-state index contributed by atoms with van der Waals surface area (Å²) in [6.07, 6.45) is 0.289. The molecule has 0 aliphatic carbocycles. The summed E-state index contributed by atoms with van der Waals surface area (Å²) in [6.45, 7) is 8.29. The maximum Gasteiger partial charge on any atom is 0.125 e. The zero-order chi connectivity index (χ0) is 12.3. The second-order valence-electron chi connectivity index (χ2n) is 5.30. The molecule has 0 fully saturated rings. The van der Waals surface area contributed by atoms with E-state index in [-0.39, 0.29) is 11.5 Å².